The molecule has 2 aromatic rings. The maximum atomic E-state index is 13.1. The second-order valence-corrected chi connectivity index (χ2v) is 10.4. The summed E-state index contributed by atoms with van der Waals surface area (Å²) in [4.78, 5) is 25.9. The number of ether oxygens (including phenoxy) is 3. The number of alkyl halides is 1. The summed E-state index contributed by atoms with van der Waals surface area (Å²) in [6.07, 6.45) is 12.7. The van der Waals surface area contributed by atoms with E-state index in [1.54, 1.807) is 36.4 Å². The highest BCUT2D eigenvalue weighted by Crippen LogP contribution is 2.33. The van der Waals surface area contributed by atoms with Gasteiger partial charge >= 0.3 is 11.9 Å². The van der Waals surface area contributed by atoms with Crippen molar-refractivity contribution in [3.63, 3.8) is 0 Å². The Balaban J connectivity index is 1.65. The number of halogens is 1. The smallest absolute Gasteiger partial charge is 0.341 e. The molecule has 0 aromatic heterocycles. The monoisotopic (exact) mass is 538 g/mol. The molecule has 3 rings (SSSR count). The molecule has 0 saturated heterocycles. The molecule has 0 fully saturated rings. The van der Waals surface area contributed by atoms with Gasteiger partial charge < -0.3 is 14.2 Å². The Labute approximate surface area is 231 Å². The lowest BCUT2D eigenvalue weighted by molar-refractivity contribution is -0.190. The zero-order valence-corrected chi connectivity index (χ0v) is 23.4. The molecule has 0 amide bonds. The van der Waals surface area contributed by atoms with E-state index in [4.69, 9.17) is 25.8 Å². The van der Waals surface area contributed by atoms with Crippen molar-refractivity contribution in [2.45, 2.75) is 76.9 Å². The standard InChI is InChI=1S/C32H39ClO5/c1-4-5-6-7-8-12-23-36-28-17-15-27(16-18-28)30(34)37-32(38-31(35)29(33)24(2)3)21-19-26(20-22-32)25-13-10-9-11-14-25/h9-11,13-21,24,29H,4-8,12,22-23H2,1-3H3/t29?,32-/m1/s1. The van der Waals surface area contributed by atoms with E-state index < -0.39 is 23.1 Å². The van der Waals surface area contributed by atoms with E-state index in [2.05, 4.69) is 6.92 Å². The summed E-state index contributed by atoms with van der Waals surface area (Å²) in [7, 11) is 0. The fraction of sp³-hybridized carbons (Fsp3) is 0.438. The summed E-state index contributed by atoms with van der Waals surface area (Å²) < 4.78 is 17.4. The fourth-order valence-electron chi connectivity index (χ4n) is 4.10. The second kappa shape index (κ2) is 14.8. The summed E-state index contributed by atoms with van der Waals surface area (Å²) in [6, 6.07) is 16.7. The van der Waals surface area contributed by atoms with Gasteiger partial charge in [-0.05, 0) is 47.7 Å². The third-order valence-electron chi connectivity index (χ3n) is 6.44. The summed E-state index contributed by atoms with van der Waals surface area (Å²) in [5, 5.41) is -0.860. The Bertz CT molecular complexity index is 1090. The van der Waals surface area contributed by atoms with Gasteiger partial charge in [0.15, 0.2) is 0 Å². The largest absolute Gasteiger partial charge is 0.494 e. The van der Waals surface area contributed by atoms with Crippen LogP contribution in [0.4, 0.5) is 0 Å². The van der Waals surface area contributed by atoms with Crippen LogP contribution in [0.5, 0.6) is 5.75 Å². The number of hydrogen-bond acceptors (Lipinski definition) is 5. The summed E-state index contributed by atoms with van der Waals surface area (Å²) in [5.74, 6) is -2.25. The maximum Gasteiger partial charge on any atom is 0.341 e. The predicted octanol–water partition coefficient (Wildman–Crippen LogP) is 8.13. The van der Waals surface area contributed by atoms with E-state index in [0.717, 1.165) is 24.0 Å². The first-order valence-electron chi connectivity index (χ1n) is 13.6. The van der Waals surface area contributed by atoms with Crippen LogP contribution in [-0.2, 0) is 14.3 Å². The van der Waals surface area contributed by atoms with Crippen LogP contribution in [0.25, 0.3) is 5.57 Å². The minimum Gasteiger partial charge on any atom is -0.494 e. The summed E-state index contributed by atoms with van der Waals surface area (Å²) in [6.45, 7) is 6.52. The van der Waals surface area contributed by atoms with Crippen LogP contribution in [0, 0.1) is 5.92 Å². The number of carbonyl (C=O) groups is 2. The van der Waals surface area contributed by atoms with Crippen LogP contribution in [0.1, 0.15) is 81.6 Å². The molecule has 1 aliphatic carbocycles. The lowest BCUT2D eigenvalue weighted by atomic mass is 9.96. The molecule has 1 aliphatic rings. The lowest BCUT2D eigenvalue weighted by Gasteiger charge is -2.32. The van der Waals surface area contributed by atoms with Crippen molar-refractivity contribution in [2.24, 2.45) is 5.92 Å². The van der Waals surface area contributed by atoms with Gasteiger partial charge in [-0.2, -0.15) is 0 Å². The van der Waals surface area contributed by atoms with E-state index in [-0.39, 0.29) is 12.3 Å². The number of rotatable bonds is 14. The number of hydrogen-bond donors (Lipinski definition) is 0. The molecular weight excluding hydrogens is 500 g/mol. The SMILES string of the molecule is CCCCCCCCOc1ccc(C(=O)O[C@@]2(OC(=O)C(Cl)C(C)C)C=CC(c3ccccc3)=CC2)cc1. The highest BCUT2D eigenvalue weighted by molar-refractivity contribution is 6.30. The third kappa shape index (κ3) is 8.76. The molecule has 0 bridgehead atoms. The van der Waals surface area contributed by atoms with Gasteiger partial charge in [0.05, 0.1) is 12.2 Å². The minimum absolute atomic E-state index is 0.135. The minimum atomic E-state index is -1.58. The highest BCUT2D eigenvalue weighted by Gasteiger charge is 2.39. The van der Waals surface area contributed by atoms with Gasteiger partial charge in [-0.15, -0.1) is 11.6 Å². The highest BCUT2D eigenvalue weighted by atomic mass is 35.5. The second-order valence-electron chi connectivity index (χ2n) is 9.97. The number of allylic oxidation sites excluding steroid dienone is 2. The first kappa shape index (κ1) is 29.5. The third-order valence-corrected chi connectivity index (χ3v) is 7.12. The Morgan fingerprint density at radius 1 is 0.921 bits per heavy atom. The molecular formula is C32H39ClO5. The molecule has 6 heteroatoms. The zero-order chi connectivity index (χ0) is 27.4. The van der Waals surface area contributed by atoms with Gasteiger partial charge in [0.2, 0.25) is 0 Å². The lowest BCUT2D eigenvalue weighted by Crippen LogP contribution is -2.41. The van der Waals surface area contributed by atoms with Gasteiger partial charge in [-0.25, -0.2) is 4.79 Å². The van der Waals surface area contributed by atoms with Gasteiger partial charge in [0.25, 0.3) is 5.79 Å². The van der Waals surface area contributed by atoms with E-state index in [0.29, 0.717) is 17.9 Å². The predicted molar refractivity (Wildman–Crippen MR) is 152 cm³/mol. The fourth-order valence-corrected chi connectivity index (χ4v) is 4.14. The quantitative estimate of drug-likeness (QED) is 0.105. The molecule has 204 valence electrons. The Morgan fingerprint density at radius 3 is 2.24 bits per heavy atom. The van der Waals surface area contributed by atoms with Gasteiger partial charge in [-0.1, -0.05) is 95.4 Å². The van der Waals surface area contributed by atoms with Crippen molar-refractivity contribution in [3.05, 3.63) is 84.0 Å². The van der Waals surface area contributed by atoms with Crippen molar-refractivity contribution in [3.8, 4) is 5.75 Å². The van der Waals surface area contributed by atoms with Crippen LogP contribution in [0.2, 0.25) is 0 Å². The van der Waals surface area contributed by atoms with Gasteiger partial charge in [0, 0.05) is 12.5 Å². The molecule has 0 heterocycles. The van der Waals surface area contributed by atoms with Crippen LogP contribution in [0.3, 0.4) is 0 Å². The van der Waals surface area contributed by atoms with Gasteiger partial charge in [0.1, 0.15) is 11.1 Å². The van der Waals surface area contributed by atoms with Crippen LogP contribution < -0.4 is 4.74 Å². The molecule has 0 radical (unpaired) electrons. The average molecular weight is 539 g/mol. The van der Waals surface area contributed by atoms with E-state index in [9.17, 15) is 9.59 Å². The Hall–Kier alpha value is -3.05. The van der Waals surface area contributed by atoms with Crippen LogP contribution in [-0.4, -0.2) is 29.7 Å². The molecule has 0 aliphatic heterocycles. The Morgan fingerprint density at radius 2 is 1.61 bits per heavy atom. The topological polar surface area (TPSA) is 61.8 Å². The zero-order valence-electron chi connectivity index (χ0n) is 22.7. The first-order valence-corrected chi connectivity index (χ1v) is 14.0. The molecule has 5 nitrogen and oxygen atoms in total. The molecule has 2 atom stereocenters. The van der Waals surface area contributed by atoms with E-state index in [1.165, 1.54) is 25.7 Å². The number of esters is 2. The Kier molecular flexibility index (Phi) is 11.5. The number of carbonyl (C=O) groups excluding carboxylic acids is 2. The molecule has 0 spiro atoms. The molecule has 0 saturated carbocycles. The van der Waals surface area contributed by atoms with Crippen molar-refractivity contribution >= 4 is 29.1 Å². The van der Waals surface area contributed by atoms with Crippen molar-refractivity contribution in [1.82, 2.24) is 0 Å². The van der Waals surface area contributed by atoms with Crippen molar-refractivity contribution in [1.29, 1.82) is 0 Å². The van der Waals surface area contributed by atoms with Crippen molar-refractivity contribution < 1.29 is 23.8 Å². The van der Waals surface area contributed by atoms with E-state index >= 15 is 0 Å². The number of benzene rings is 2. The summed E-state index contributed by atoms with van der Waals surface area (Å²) in [5.41, 5.74) is 2.31. The van der Waals surface area contributed by atoms with Gasteiger partial charge in [-0.3, -0.25) is 4.79 Å². The molecule has 0 N–H and O–H groups in total. The summed E-state index contributed by atoms with van der Waals surface area (Å²) >= 11 is 6.26. The normalized spacial score (nSPS) is 17.6. The maximum absolute atomic E-state index is 13.1. The molecule has 2 aromatic carbocycles. The van der Waals surface area contributed by atoms with E-state index in [1.807, 2.05) is 50.3 Å². The number of unbranched alkanes of at least 4 members (excludes halogenated alkanes) is 5. The first-order chi connectivity index (χ1) is 18.3. The average Bonchev–Trinajstić information content (AvgIpc) is 2.93. The van der Waals surface area contributed by atoms with Crippen LogP contribution in [0.15, 0.2) is 72.8 Å². The molecule has 1 unspecified atom stereocenters. The van der Waals surface area contributed by atoms with Crippen LogP contribution >= 0.6 is 11.6 Å². The molecule has 38 heavy (non-hydrogen) atoms. The van der Waals surface area contributed by atoms with Crippen molar-refractivity contribution in [2.75, 3.05) is 6.61 Å².